The quantitative estimate of drug-likeness (QED) is 0.702. The summed E-state index contributed by atoms with van der Waals surface area (Å²) in [6.45, 7) is 5.47. The summed E-state index contributed by atoms with van der Waals surface area (Å²) in [5, 5.41) is 14.5. The van der Waals surface area contributed by atoms with Crippen LogP contribution in [0.5, 0.6) is 0 Å². The van der Waals surface area contributed by atoms with Gasteiger partial charge in [-0.25, -0.2) is 0 Å². The van der Waals surface area contributed by atoms with Gasteiger partial charge in [0, 0.05) is 24.7 Å². The monoisotopic (exact) mass is 354 g/mol. The lowest BCUT2D eigenvalue weighted by molar-refractivity contribution is 0.102. The highest BCUT2D eigenvalue weighted by molar-refractivity contribution is 6.03. The molecule has 1 atom stereocenters. The molecule has 2 aromatic heterocycles. The van der Waals surface area contributed by atoms with E-state index in [1.54, 1.807) is 17.1 Å². The van der Waals surface area contributed by atoms with Crippen molar-refractivity contribution in [2.45, 2.75) is 33.0 Å². The first-order valence-corrected chi connectivity index (χ1v) is 8.47. The van der Waals surface area contributed by atoms with Crippen LogP contribution in [0.15, 0.2) is 47.3 Å². The minimum Gasteiger partial charge on any atom is -0.364 e. The zero-order valence-electron chi connectivity index (χ0n) is 15.1. The standard InChI is InChI=1S/C18H22N6O2/c1-4-24-12-17(20-22-24)19-18(25)15-7-5-14(6-8-15)11-23(3)13(2)16-9-10-26-21-16/h5-10,12-13H,4,11H2,1-3H3,(H,19,25). The molecule has 136 valence electrons. The van der Waals surface area contributed by atoms with Gasteiger partial charge in [0.05, 0.1) is 12.2 Å². The van der Waals surface area contributed by atoms with Crippen LogP contribution in [-0.4, -0.2) is 38.0 Å². The molecule has 26 heavy (non-hydrogen) atoms. The predicted octanol–water partition coefficient (Wildman–Crippen LogP) is 2.73. The zero-order valence-corrected chi connectivity index (χ0v) is 15.1. The molecule has 0 saturated carbocycles. The number of benzene rings is 1. The van der Waals surface area contributed by atoms with Gasteiger partial charge in [-0.05, 0) is 38.6 Å². The normalized spacial score (nSPS) is 12.3. The molecule has 8 nitrogen and oxygen atoms in total. The van der Waals surface area contributed by atoms with Crippen molar-refractivity contribution in [2.24, 2.45) is 0 Å². The first kappa shape index (κ1) is 17.8. The van der Waals surface area contributed by atoms with E-state index in [0.29, 0.717) is 17.9 Å². The third-order valence-corrected chi connectivity index (χ3v) is 4.30. The molecule has 2 heterocycles. The van der Waals surface area contributed by atoms with Crippen molar-refractivity contribution in [3.63, 3.8) is 0 Å². The summed E-state index contributed by atoms with van der Waals surface area (Å²) in [4.78, 5) is 14.5. The van der Waals surface area contributed by atoms with Gasteiger partial charge in [0.1, 0.15) is 12.0 Å². The maximum atomic E-state index is 12.3. The first-order chi connectivity index (χ1) is 12.6. The van der Waals surface area contributed by atoms with Crippen molar-refractivity contribution in [1.82, 2.24) is 25.1 Å². The fourth-order valence-corrected chi connectivity index (χ4v) is 2.55. The summed E-state index contributed by atoms with van der Waals surface area (Å²) in [5.74, 6) is 0.242. The van der Waals surface area contributed by atoms with Crippen molar-refractivity contribution in [3.05, 3.63) is 59.6 Å². The molecule has 0 bridgehead atoms. The van der Waals surface area contributed by atoms with Crippen LogP contribution < -0.4 is 5.32 Å². The number of hydrogen-bond acceptors (Lipinski definition) is 6. The first-order valence-electron chi connectivity index (χ1n) is 8.47. The Kier molecular flexibility index (Phi) is 5.43. The molecule has 0 radical (unpaired) electrons. The molecule has 0 aliphatic rings. The van der Waals surface area contributed by atoms with Gasteiger partial charge in [-0.3, -0.25) is 14.4 Å². The van der Waals surface area contributed by atoms with Crippen molar-refractivity contribution < 1.29 is 9.32 Å². The van der Waals surface area contributed by atoms with E-state index in [1.807, 2.05) is 44.3 Å². The Hall–Kier alpha value is -3.00. The molecular formula is C18H22N6O2. The average Bonchev–Trinajstić information content (AvgIpc) is 3.33. The predicted molar refractivity (Wildman–Crippen MR) is 96.5 cm³/mol. The van der Waals surface area contributed by atoms with Gasteiger partial charge < -0.3 is 9.84 Å². The van der Waals surface area contributed by atoms with E-state index in [1.165, 1.54) is 0 Å². The summed E-state index contributed by atoms with van der Waals surface area (Å²) >= 11 is 0. The third-order valence-electron chi connectivity index (χ3n) is 4.30. The van der Waals surface area contributed by atoms with Gasteiger partial charge >= 0.3 is 0 Å². The number of aromatic nitrogens is 4. The van der Waals surface area contributed by atoms with Crippen molar-refractivity contribution in [3.8, 4) is 0 Å². The van der Waals surface area contributed by atoms with E-state index in [0.717, 1.165) is 17.8 Å². The van der Waals surface area contributed by atoms with E-state index in [2.05, 4.69) is 32.6 Å². The summed E-state index contributed by atoms with van der Waals surface area (Å²) in [6.07, 6.45) is 3.28. The summed E-state index contributed by atoms with van der Waals surface area (Å²) < 4.78 is 6.56. The second kappa shape index (κ2) is 7.92. The second-order valence-corrected chi connectivity index (χ2v) is 6.13. The Bertz CT molecular complexity index is 841. The van der Waals surface area contributed by atoms with E-state index in [-0.39, 0.29) is 11.9 Å². The number of hydrogen-bond donors (Lipinski definition) is 1. The van der Waals surface area contributed by atoms with Gasteiger partial charge in [-0.2, -0.15) is 0 Å². The van der Waals surface area contributed by atoms with Crippen LogP contribution in [0.4, 0.5) is 5.82 Å². The smallest absolute Gasteiger partial charge is 0.256 e. The van der Waals surface area contributed by atoms with Crippen molar-refractivity contribution >= 4 is 11.7 Å². The van der Waals surface area contributed by atoms with Gasteiger partial charge in [-0.1, -0.05) is 22.5 Å². The molecule has 0 saturated heterocycles. The Balaban J connectivity index is 1.59. The average molecular weight is 354 g/mol. The molecule has 0 aliphatic heterocycles. The largest absolute Gasteiger partial charge is 0.364 e. The van der Waals surface area contributed by atoms with Crippen LogP contribution in [0.2, 0.25) is 0 Å². The number of nitrogens with zero attached hydrogens (tertiary/aromatic N) is 5. The van der Waals surface area contributed by atoms with Crippen LogP contribution in [0.1, 0.15) is 41.5 Å². The fraction of sp³-hybridized carbons (Fsp3) is 0.333. The summed E-state index contributed by atoms with van der Waals surface area (Å²) in [7, 11) is 2.02. The minimum atomic E-state index is -0.205. The molecule has 0 spiro atoms. The highest BCUT2D eigenvalue weighted by atomic mass is 16.5. The number of carbonyl (C=O) groups is 1. The molecule has 1 aromatic carbocycles. The number of rotatable bonds is 7. The SMILES string of the molecule is CCn1cc(NC(=O)c2ccc(CN(C)C(C)c3ccon3)cc2)nn1. The molecule has 8 heteroatoms. The Morgan fingerprint density at radius 3 is 2.69 bits per heavy atom. The topological polar surface area (TPSA) is 89.1 Å². The van der Waals surface area contributed by atoms with Gasteiger partial charge in [-0.15, -0.1) is 5.10 Å². The van der Waals surface area contributed by atoms with E-state index in [4.69, 9.17) is 4.52 Å². The lowest BCUT2D eigenvalue weighted by Crippen LogP contribution is -2.22. The van der Waals surface area contributed by atoms with E-state index >= 15 is 0 Å². The van der Waals surface area contributed by atoms with Crippen LogP contribution in [0.3, 0.4) is 0 Å². The number of amides is 1. The maximum absolute atomic E-state index is 12.3. The van der Waals surface area contributed by atoms with Gasteiger partial charge in [0.2, 0.25) is 0 Å². The highest BCUT2D eigenvalue weighted by Crippen LogP contribution is 2.19. The van der Waals surface area contributed by atoms with Crippen molar-refractivity contribution in [2.75, 3.05) is 12.4 Å². The molecule has 3 rings (SSSR count). The number of nitrogens with one attached hydrogen (secondary N) is 1. The number of carbonyl (C=O) groups excluding carboxylic acids is 1. The molecule has 0 aliphatic carbocycles. The molecule has 1 N–H and O–H groups in total. The minimum absolute atomic E-state index is 0.137. The number of aryl methyl sites for hydroxylation is 1. The van der Waals surface area contributed by atoms with E-state index in [9.17, 15) is 4.79 Å². The zero-order chi connectivity index (χ0) is 18.5. The van der Waals surface area contributed by atoms with E-state index < -0.39 is 0 Å². The molecule has 1 amide bonds. The second-order valence-electron chi connectivity index (χ2n) is 6.13. The van der Waals surface area contributed by atoms with Crippen molar-refractivity contribution in [1.29, 1.82) is 0 Å². The number of anilines is 1. The lowest BCUT2D eigenvalue weighted by Gasteiger charge is -2.22. The highest BCUT2D eigenvalue weighted by Gasteiger charge is 2.15. The van der Waals surface area contributed by atoms with Crippen LogP contribution in [-0.2, 0) is 13.1 Å². The van der Waals surface area contributed by atoms with Crippen LogP contribution in [0, 0.1) is 0 Å². The maximum Gasteiger partial charge on any atom is 0.256 e. The Labute approximate surface area is 151 Å². The molecular weight excluding hydrogens is 332 g/mol. The Morgan fingerprint density at radius 2 is 2.08 bits per heavy atom. The molecule has 1 unspecified atom stereocenters. The Morgan fingerprint density at radius 1 is 1.31 bits per heavy atom. The van der Waals surface area contributed by atoms with Gasteiger partial charge in [0.15, 0.2) is 5.82 Å². The fourth-order valence-electron chi connectivity index (χ4n) is 2.55. The van der Waals surface area contributed by atoms with Crippen LogP contribution in [0.25, 0.3) is 0 Å². The summed E-state index contributed by atoms with van der Waals surface area (Å²) in [5.41, 5.74) is 2.58. The van der Waals surface area contributed by atoms with Crippen LogP contribution >= 0.6 is 0 Å². The molecule has 3 aromatic rings. The summed E-state index contributed by atoms with van der Waals surface area (Å²) in [6, 6.07) is 9.52. The third kappa shape index (κ3) is 4.15. The van der Waals surface area contributed by atoms with Gasteiger partial charge in [0.25, 0.3) is 5.91 Å². The lowest BCUT2D eigenvalue weighted by atomic mass is 10.1. The molecule has 0 fully saturated rings.